The summed E-state index contributed by atoms with van der Waals surface area (Å²) in [5, 5.41) is 3.49. The number of hydrogen-bond donors (Lipinski definition) is 1. The number of amides is 2. The molecule has 2 aromatic carbocycles. The van der Waals surface area contributed by atoms with Crippen LogP contribution in [0.25, 0.3) is 0 Å². The smallest absolute Gasteiger partial charge is 0.253 e. The molecule has 0 bridgehead atoms. The molecule has 0 unspecified atom stereocenters. The normalized spacial score (nSPS) is 14.6. The summed E-state index contributed by atoms with van der Waals surface area (Å²) in [5.74, 6) is -0.205. The van der Waals surface area contributed by atoms with Gasteiger partial charge in [-0.2, -0.15) is 0 Å². The minimum Gasteiger partial charge on any atom is -0.348 e. The molecule has 1 heterocycles. The Balaban J connectivity index is 1.67. The highest BCUT2D eigenvalue weighted by atomic mass is 35.5. The van der Waals surface area contributed by atoms with E-state index in [0.717, 1.165) is 31.5 Å². The molecule has 0 atom stereocenters. The molecule has 2 aromatic rings. The molecule has 0 aliphatic carbocycles. The molecule has 1 N–H and O–H groups in total. The van der Waals surface area contributed by atoms with Crippen LogP contribution in [0.3, 0.4) is 0 Å². The van der Waals surface area contributed by atoms with Gasteiger partial charge in [0.2, 0.25) is 0 Å². The standard InChI is InChI=1S/C21H23ClN2O2/c22-19-11-4-3-8-18(19)15-23-20(25)16-9-7-10-17(14-16)21(26)24-12-5-1-2-6-13-24/h3-4,7-11,14H,1-2,5-6,12-13,15H2,(H,23,25). The Bertz CT molecular complexity index is 783. The SMILES string of the molecule is O=C(NCc1ccccc1Cl)c1cccc(C(=O)N2CCCCCC2)c1. The lowest BCUT2D eigenvalue weighted by Crippen LogP contribution is -2.32. The summed E-state index contributed by atoms with van der Waals surface area (Å²) in [6.07, 6.45) is 4.44. The second-order valence-electron chi connectivity index (χ2n) is 6.56. The largest absolute Gasteiger partial charge is 0.348 e. The van der Waals surface area contributed by atoms with Crippen LogP contribution in [-0.2, 0) is 6.54 Å². The molecule has 1 fully saturated rings. The first-order valence-corrected chi connectivity index (χ1v) is 9.44. The zero-order valence-electron chi connectivity index (χ0n) is 14.7. The third-order valence-corrected chi connectivity index (χ3v) is 5.03. The number of nitrogens with zero attached hydrogens (tertiary/aromatic N) is 1. The van der Waals surface area contributed by atoms with Crippen LogP contribution in [0.1, 0.15) is 52.0 Å². The van der Waals surface area contributed by atoms with E-state index in [1.165, 1.54) is 12.8 Å². The molecule has 136 valence electrons. The maximum atomic E-state index is 12.7. The van der Waals surface area contributed by atoms with E-state index >= 15 is 0 Å². The predicted octanol–water partition coefficient (Wildman–Crippen LogP) is 4.29. The molecule has 0 radical (unpaired) electrons. The summed E-state index contributed by atoms with van der Waals surface area (Å²) >= 11 is 6.12. The lowest BCUT2D eigenvalue weighted by atomic mass is 10.1. The number of nitrogens with one attached hydrogen (secondary N) is 1. The molecular weight excluding hydrogens is 348 g/mol. The van der Waals surface area contributed by atoms with E-state index in [-0.39, 0.29) is 11.8 Å². The van der Waals surface area contributed by atoms with Crippen LogP contribution >= 0.6 is 11.6 Å². The van der Waals surface area contributed by atoms with Gasteiger partial charge in [-0.05, 0) is 42.7 Å². The second kappa shape index (κ2) is 8.86. The maximum absolute atomic E-state index is 12.7. The lowest BCUT2D eigenvalue weighted by molar-refractivity contribution is 0.0761. The molecule has 0 spiro atoms. The van der Waals surface area contributed by atoms with Crippen LogP contribution in [0.5, 0.6) is 0 Å². The Morgan fingerprint density at radius 1 is 0.923 bits per heavy atom. The van der Waals surface area contributed by atoms with Gasteiger partial charge in [-0.25, -0.2) is 0 Å². The van der Waals surface area contributed by atoms with Gasteiger partial charge in [0.25, 0.3) is 11.8 Å². The van der Waals surface area contributed by atoms with Gasteiger partial charge in [0, 0.05) is 35.8 Å². The molecule has 26 heavy (non-hydrogen) atoms. The van der Waals surface area contributed by atoms with Crippen molar-refractivity contribution in [3.8, 4) is 0 Å². The summed E-state index contributed by atoms with van der Waals surface area (Å²) < 4.78 is 0. The summed E-state index contributed by atoms with van der Waals surface area (Å²) in [5.41, 5.74) is 1.91. The van der Waals surface area contributed by atoms with Crippen LogP contribution in [0, 0.1) is 0 Å². The Morgan fingerprint density at radius 2 is 1.62 bits per heavy atom. The minimum atomic E-state index is -0.213. The lowest BCUT2D eigenvalue weighted by Gasteiger charge is -2.20. The van der Waals surface area contributed by atoms with Crippen molar-refractivity contribution in [2.45, 2.75) is 32.2 Å². The summed E-state index contributed by atoms with van der Waals surface area (Å²) in [4.78, 5) is 27.1. The maximum Gasteiger partial charge on any atom is 0.253 e. The molecule has 4 nitrogen and oxygen atoms in total. The number of hydrogen-bond acceptors (Lipinski definition) is 2. The fourth-order valence-corrected chi connectivity index (χ4v) is 3.37. The van der Waals surface area contributed by atoms with Crippen LogP contribution in [0.4, 0.5) is 0 Å². The molecule has 0 saturated carbocycles. The fourth-order valence-electron chi connectivity index (χ4n) is 3.17. The van der Waals surface area contributed by atoms with Crippen molar-refractivity contribution in [3.05, 3.63) is 70.2 Å². The summed E-state index contributed by atoms with van der Waals surface area (Å²) in [6, 6.07) is 14.3. The molecule has 5 heteroatoms. The van der Waals surface area contributed by atoms with E-state index in [4.69, 9.17) is 11.6 Å². The van der Waals surface area contributed by atoms with E-state index in [9.17, 15) is 9.59 Å². The van der Waals surface area contributed by atoms with Crippen LogP contribution in [-0.4, -0.2) is 29.8 Å². The quantitative estimate of drug-likeness (QED) is 0.872. The highest BCUT2D eigenvalue weighted by Crippen LogP contribution is 2.16. The van der Waals surface area contributed by atoms with Crippen LogP contribution in [0.2, 0.25) is 5.02 Å². The fraction of sp³-hybridized carbons (Fsp3) is 0.333. The highest BCUT2D eigenvalue weighted by molar-refractivity contribution is 6.31. The Hall–Kier alpha value is -2.33. The number of halogens is 1. The van der Waals surface area contributed by atoms with E-state index < -0.39 is 0 Å². The first-order valence-electron chi connectivity index (χ1n) is 9.06. The molecule has 1 aliphatic heterocycles. The summed E-state index contributed by atoms with van der Waals surface area (Å²) in [6.45, 7) is 1.94. The molecule has 1 saturated heterocycles. The molecular formula is C21H23ClN2O2. The first kappa shape index (κ1) is 18.5. The van der Waals surface area contributed by atoms with Crippen LogP contribution < -0.4 is 5.32 Å². The van der Waals surface area contributed by atoms with Crippen molar-refractivity contribution < 1.29 is 9.59 Å². The van der Waals surface area contributed by atoms with Crippen molar-refractivity contribution in [2.75, 3.05) is 13.1 Å². The van der Waals surface area contributed by atoms with Crippen molar-refractivity contribution in [1.82, 2.24) is 10.2 Å². The third-order valence-electron chi connectivity index (χ3n) is 4.66. The average molecular weight is 371 g/mol. The van der Waals surface area contributed by atoms with Gasteiger partial charge in [0.15, 0.2) is 0 Å². The number of likely N-dealkylation sites (tertiary alicyclic amines) is 1. The average Bonchev–Trinajstić information content (AvgIpc) is 2.96. The Kier molecular flexibility index (Phi) is 6.29. The monoisotopic (exact) mass is 370 g/mol. The van der Waals surface area contributed by atoms with Gasteiger partial charge in [-0.3, -0.25) is 9.59 Å². The first-order chi connectivity index (χ1) is 12.6. The highest BCUT2D eigenvalue weighted by Gasteiger charge is 2.18. The number of carbonyl (C=O) groups is 2. The van der Waals surface area contributed by atoms with Crippen molar-refractivity contribution in [2.24, 2.45) is 0 Å². The number of benzene rings is 2. The third kappa shape index (κ3) is 4.64. The van der Waals surface area contributed by atoms with E-state index in [2.05, 4.69) is 5.32 Å². The second-order valence-corrected chi connectivity index (χ2v) is 6.97. The van der Waals surface area contributed by atoms with Crippen molar-refractivity contribution in [3.63, 3.8) is 0 Å². The molecule has 1 aliphatic rings. The van der Waals surface area contributed by atoms with Crippen LogP contribution in [0.15, 0.2) is 48.5 Å². The summed E-state index contributed by atoms with van der Waals surface area (Å²) in [7, 11) is 0. The Morgan fingerprint density at radius 3 is 2.35 bits per heavy atom. The Labute approximate surface area is 159 Å². The number of carbonyl (C=O) groups excluding carboxylic acids is 2. The topological polar surface area (TPSA) is 49.4 Å². The van der Waals surface area contributed by atoms with Crippen molar-refractivity contribution >= 4 is 23.4 Å². The van der Waals surface area contributed by atoms with Gasteiger partial charge in [0.1, 0.15) is 0 Å². The van der Waals surface area contributed by atoms with E-state index in [1.54, 1.807) is 30.3 Å². The van der Waals surface area contributed by atoms with Crippen molar-refractivity contribution in [1.29, 1.82) is 0 Å². The van der Waals surface area contributed by atoms with Gasteiger partial charge < -0.3 is 10.2 Å². The number of rotatable bonds is 4. The van der Waals surface area contributed by atoms with Gasteiger partial charge in [-0.15, -0.1) is 0 Å². The van der Waals surface area contributed by atoms with Gasteiger partial charge in [0.05, 0.1) is 0 Å². The van der Waals surface area contributed by atoms with E-state index in [0.29, 0.717) is 22.7 Å². The minimum absolute atomic E-state index is 0.00709. The predicted molar refractivity (Wildman–Crippen MR) is 103 cm³/mol. The van der Waals surface area contributed by atoms with E-state index in [1.807, 2.05) is 23.1 Å². The molecule has 2 amide bonds. The zero-order valence-corrected chi connectivity index (χ0v) is 15.5. The zero-order chi connectivity index (χ0) is 18.4. The van der Waals surface area contributed by atoms with Gasteiger partial charge >= 0.3 is 0 Å². The van der Waals surface area contributed by atoms with Gasteiger partial charge in [-0.1, -0.05) is 48.7 Å². The molecule has 3 rings (SSSR count). The molecule has 0 aromatic heterocycles.